The van der Waals surface area contributed by atoms with Gasteiger partial charge in [-0.3, -0.25) is 0 Å². The van der Waals surface area contributed by atoms with Gasteiger partial charge in [-0.1, -0.05) is 12.1 Å². The van der Waals surface area contributed by atoms with Crippen LogP contribution < -0.4 is 4.74 Å². The second-order valence-corrected chi connectivity index (χ2v) is 6.61. The summed E-state index contributed by atoms with van der Waals surface area (Å²) in [7, 11) is 0. The van der Waals surface area contributed by atoms with Crippen LogP contribution in [0.2, 0.25) is 0 Å². The number of aromatic amines is 2. The maximum atomic E-state index is 12.2. The Balaban J connectivity index is 2.00. The van der Waals surface area contributed by atoms with E-state index in [0.29, 0.717) is 40.8 Å². The summed E-state index contributed by atoms with van der Waals surface area (Å²) in [5, 5.41) is 11.6. The minimum absolute atomic E-state index is 0.319. The number of H-pyrrole nitrogens is 2. The van der Waals surface area contributed by atoms with Crippen LogP contribution in [-0.2, 0) is 4.74 Å². The van der Waals surface area contributed by atoms with Crippen molar-refractivity contribution in [2.75, 3.05) is 13.2 Å². The lowest BCUT2D eigenvalue weighted by Crippen LogP contribution is -2.06. The number of nitrogens with one attached hydrogen (secondary N) is 2. The number of hydrogen-bond acceptors (Lipinski definition) is 6. The summed E-state index contributed by atoms with van der Waals surface area (Å²) in [6, 6.07) is 7.55. The molecule has 0 bridgehead atoms. The molecule has 8 nitrogen and oxygen atoms in total. The van der Waals surface area contributed by atoms with Gasteiger partial charge in [0.1, 0.15) is 5.75 Å². The van der Waals surface area contributed by atoms with E-state index < -0.39 is 0 Å². The van der Waals surface area contributed by atoms with Gasteiger partial charge in [0.05, 0.1) is 36.2 Å². The predicted molar refractivity (Wildman–Crippen MR) is 113 cm³/mol. The Hall–Kier alpha value is -3.20. The molecule has 1 aromatic carbocycles. The summed E-state index contributed by atoms with van der Waals surface area (Å²) in [6.07, 6.45) is 1.61. The zero-order valence-corrected chi connectivity index (χ0v) is 17.6. The molecule has 0 aliphatic heterocycles. The Morgan fingerprint density at radius 2 is 2.03 bits per heavy atom. The monoisotopic (exact) mass is 413 g/mol. The molecule has 152 valence electrons. The number of para-hydroxylation sites is 1. The van der Waals surface area contributed by atoms with Gasteiger partial charge in [-0.2, -0.15) is 14.9 Å². The first kappa shape index (κ1) is 20.5. The molecule has 3 rings (SSSR count). The van der Waals surface area contributed by atoms with E-state index in [-0.39, 0.29) is 5.97 Å². The Kier molecular flexibility index (Phi) is 6.28. The lowest BCUT2D eigenvalue weighted by atomic mass is 10.1. The van der Waals surface area contributed by atoms with Gasteiger partial charge >= 0.3 is 5.97 Å². The van der Waals surface area contributed by atoms with E-state index >= 15 is 0 Å². The Labute approximate surface area is 173 Å². The molecule has 0 aliphatic carbocycles. The molecule has 0 saturated heterocycles. The first-order chi connectivity index (χ1) is 14.0. The molecule has 9 heteroatoms. The standard InChI is InChI=1S/C20H23N5O3S/c1-5-27-16-10-8-7-9-14(16)18-23-24-20(29)25(18)21-11-15-12(3)17(13(4)22-15)19(26)28-6-2/h7-11,22H,5-6H2,1-4H3,(H,24,29)/b21-11+. The summed E-state index contributed by atoms with van der Waals surface area (Å²) < 4.78 is 12.7. The lowest BCUT2D eigenvalue weighted by Gasteiger charge is -2.08. The smallest absolute Gasteiger partial charge is 0.340 e. The maximum absolute atomic E-state index is 12.2. The summed E-state index contributed by atoms with van der Waals surface area (Å²) >= 11 is 5.34. The van der Waals surface area contributed by atoms with Gasteiger partial charge in [0.25, 0.3) is 0 Å². The zero-order valence-electron chi connectivity index (χ0n) is 16.8. The van der Waals surface area contributed by atoms with Crippen molar-refractivity contribution in [1.82, 2.24) is 19.9 Å². The number of rotatable bonds is 7. The summed E-state index contributed by atoms with van der Waals surface area (Å²) in [5.41, 5.74) is 3.46. The highest BCUT2D eigenvalue weighted by Crippen LogP contribution is 2.28. The van der Waals surface area contributed by atoms with Gasteiger partial charge in [-0.05, 0) is 57.6 Å². The molecule has 0 aliphatic rings. The van der Waals surface area contributed by atoms with Crippen molar-refractivity contribution in [3.05, 3.63) is 51.6 Å². The highest BCUT2D eigenvalue weighted by Gasteiger charge is 2.19. The van der Waals surface area contributed by atoms with Crippen molar-refractivity contribution in [3.8, 4) is 17.1 Å². The molecule has 0 unspecified atom stereocenters. The van der Waals surface area contributed by atoms with E-state index in [1.807, 2.05) is 45.0 Å². The average Bonchev–Trinajstić information content (AvgIpc) is 3.19. The van der Waals surface area contributed by atoms with Crippen molar-refractivity contribution in [1.29, 1.82) is 0 Å². The molecule has 0 fully saturated rings. The predicted octanol–water partition coefficient (Wildman–Crippen LogP) is 4.01. The van der Waals surface area contributed by atoms with Crippen molar-refractivity contribution in [3.63, 3.8) is 0 Å². The number of nitrogens with zero attached hydrogens (tertiary/aromatic N) is 3. The summed E-state index contributed by atoms with van der Waals surface area (Å²) in [5.74, 6) is 0.864. The van der Waals surface area contributed by atoms with Crippen LogP contribution >= 0.6 is 12.2 Å². The van der Waals surface area contributed by atoms with Gasteiger partial charge in [0.15, 0.2) is 5.82 Å². The minimum Gasteiger partial charge on any atom is -0.493 e. The van der Waals surface area contributed by atoms with Crippen LogP contribution in [0.5, 0.6) is 5.75 Å². The number of carbonyl (C=O) groups is 1. The molecule has 0 saturated carbocycles. The van der Waals surface area contributed by atoms with Crippen LogP contribution in [0.15, 0.2) is 29.4 Å². The molecular weight excluding hydrogens is 390 g/mol. The van der Waals surface area contributed by atoms with E-state index in [0.717, 1.165) is 16.8 Å². The normalized spacial score (nSPS) is 11.2. The fourth-order valence-electron chi connectivity index (χ4n) is 3.03. The van der Waals surface area contributed by atoms with Crippen LogP contribution in [0.4, 0.5) is 0 Å². The highest BCUT2D eigenvalue weighted by molar-refractivity contribution is 7.71. The van der Waals surface area contributed by atoms with Crippen molar-refractivity contribution < 1.29 is 14.3 Å². The summed E-state index contributed by atoms with van der Waals surface area (Å²) in [4.78, 5) is 15.4. The van der Waals surface area contributed by atoms with E-state index in [1.54, 1.807) is 13.1 Å². The largest absolute Gasteiger partial charge is 0.493 e. The molecule has 2 aromatic heterocycles. The Morgan fingerprint density at radius 1 is 1.28 bits per heavy atom. The van der Waals surface area contributed by atoms with Crippen molar-refractivity contribution in [2.45, 2.75) is 27.7 Å². The van der Waals surface area contributed by atoms with Crippen molar-refractivity contribution >= 4 is 24.4 Å². The van der Waals surface area contributed by atoms with Gasteiger partial charge in [0, 0.05) is 5.69 Å². The van der Waals surface area contributed by atoms with Gasteiger partial charge in [-0.25, -0.2) is 9.89 Å². The van der Waals surface area contributed by atoms with Gasteiger partial charge < -0.3 is 14.5 Å². The van der Waals surface area contributed by atoms with Crippen LogP contribution in [0.3, 0.4) is 0 Å². The second kappa shape index (κ2) is 8.87. The summed E-state index contributed by atoms with van der Waals surface area (Å²) in [6.45, 7) is 8.21. The number of ether oxygens (including phenoxy) is 2. The number of esters is 1. The molecule has 3 aromatic rings. The molecule has 0 atom stereocenters. The van der Waals surface area contributed by atoms with Gasteiger partial charge in [-0.15, -0.1) is 0 Å². The fraction of sp³-hybridized carbons (Fsp3) is 0.300. The molecule has 2 heterocycles. The number of benzene rings is 1. The topological polar surface area (TPSA) is 97.3 Å². The first-order valence-corrected chi connectivity index (χ1v) is 9.68. The number of hydrogen-bond donors (Lipinski definition) is 2. The zero-order chi connectivity index (χ0) is 21.0. The molecule has 0 amide bonds. The average molecular weight is 414 g/mol. The molecule has 2 N–H and O–H groups in total. The number of aryl methyl sites for hydroxylation is 1. The third kappa shape index (κ3) is 4.14. The molecule has 29 heavy (non-hydrogen) atoms. The van der Waals surface area contributed by atoms with E-state index in [2.05, 4.69) is 20.3 Å². The van der Waals surface area contributed by atoms with Crippen LogP contribution in [-0.4, -0.2) is 45.3 Å². The SMILES string of the molecule is CCOC(=O)c1c(C)[nH]c(/C=N/n2c(-c3ccccc3OCC)n[nH]c2=S)c1C. The number of aromatic nitrogens is 4. The van der Waals surface area contributed by atoms with E-state index in [1.165, 1.54) is 4.68 Å². The number of carbonyl (C=O) groups excluding carboxylic acids is 1. The third-order valence-electron chi connectivity index (χ3n) is 4.34. The quantitative estimate of drug-likeness (QED) is 0.346. The third-order valence-corrected chi connectivity index (χ3v) is 4.60. The fourth-order valence-corrected chi connectivity index (χ4v) is 3.21. The minimum atomic E-state index is -0.357. The maximum Gasteiger partial charge on any atom is 0.340 e. The van der Waals surface area contributed by atoms with Crippen LogP contribution in [0.25, 0.3) is 11.4 Å². The van der Waals surface area contributed by atoms with E-state index in [4.69, 9.17) is 21.7 Å². The van der Waals surface area contributed by atoms with Crippen LogP contribution in [0, 0.1) is 18.6 Å². The molecule has 0 radical (unpaired) electrons. The van der Waals surface area contributed by atoms with E-state index in [9.17, 15) is 4.79 Å². The Bertz CT molecular complexity index is 1110. The molecule has 0 spiro atoms. The second-order valence-electron chi connectivity index (χ2n) is 6.22. The first-order valence-electron chi connectivity index (χ1n) is 9.28. The molecular formula is C20H23N5O3S. The van der Waals surface area contributed by atoms with Crippen molar-refractivity contribution in [2.24, 2.45) is 5.10 Å². The Morgan fingerprint density at radius 3 is 2.76 bits per heavy atom. The van der Waals surface area contributed by atoms with Gasteiger partial charge in [0.2, 0.25) is 4.77 Å². The lowest BCUT2D eigenvalue weighted by molar-refractivity contribution is 0.0525. The van der Waals surface area contributed by atoms with Crippen LogP contribution in [0.1, 0.15) is 41.2 Å². The highest BCUT2D eigenvalue weighted by atomic mass is 32.1.